The number of hydrogen-bond donors (Lipinski definition) is 1. The van der Waals surface area contributed by atoms with Gasteiger partial charge in [-0.1, -0.05) is 29.8 Å². The quantitative estimate of drug-likeness (QED) is 0.570. The van der Waals surface area contributed by atoms with E-state index in [1.807, 2.05) is 43.5 Å². The van der Waals surface area contributed by atoms with Gasteiger partial charge >= 0.3 is 6.03 Å². The summed E-state index contributed by atoms with van der Waals surface area (Å²) in [4.78, 5) is 19.0. The Bertz CT molecular complexity index is 945. The van der Waals surface area contributed by atoms with Crippen molar-refractivity contribution in [3.63, 3.8) is 0 Å². The number of ether oxygens (including phenoxy) is 1. The highest BCUT2D eigenvalue weighted by atomic mass is 35.5. The van der Waals surface area contributed by atoms with Gasteiger partial charge in [0.05, 0.1) is 19.3 Å². The summed E-state index contributed by atoms with van der Waals surface area (Å²) in [6.45, 7) is 4.22. The number of benzene rings is 2. The fourth-order valence-corrected chi connectivity index (χ4v) is 3.62. The minimum Gasteiger partial charge on any atom is -0.495 e. The number of carbonyl (C=O) groups excluding carboxylic acids is 1. The first-order valence-electron chi connectivity index (χ1n) is 8.88. The van der Waals surface area contributed by atoms with Crippen LogP contribution in [0.3, 0.4) is 0 Å². The van der Waals surface area contributed by atoms with Crippen molar-refractivity contribution in [2.24, 2.45) is 0 Å². The van der Waals surface area contributed by atoms with Crippen LogP contribution < -0.4 is 15.0 Å². The maximum Gasteiger partial charge on any atom is 0.322 e. The standard InChI is InChI=1S/C21H22ClN3O2S/c1-14(2)24-21(26)25(18-12-17(22)7-8-19(18)27-3)13-15-5-4-6-16(11-15)20-23-9-10-28-20/h4-12,14H,13H2,1-3H3,(H,24,26). The molecule has 0 radical (unpaired) electrons. The molecule has 5 nitrogen and oxygen atoms in total. The van der Waals surface area contributed by atoms with Crippen molar-refractivity contribution in [3.05, 3.63) is 64.6 Å². The van der Waals surface area contributed by atoms with Gasteiger partial charge in [-0.3, -0.25) is 4.90 Å². The molecule has 3 aromatic rings. The van der Waals surface area contributed by atoms with Crippen molar-refractivity contribution >= 4 is 34.7 Å². The van der Waals surface area contributed by atoms with Crippen LogP contribution in [-0.4, -0.2) is 24.2 Å². The monoisotopic (exact) mass is 415 g/mol. The lowest BCUT2D eigenvalue weighted by atomic mass is 10.1. The normalized spacial score (nSPS) is 10.8. The van der Waals surface area contributed by atoms with Crippen molar-refractivity contribution in [1.29, 1.82) is 0 Å². The third-order valence-electron chi connectivity index (χ3n) is 4.04. The summed E-state index contributed by atoms with van der Waals surface area (Å²) in [5, 5.41) is 6.38. The summed E-state index contributed by atoms with van der Waals surface area (Å²) in [6, 6.07) is 13.1. The van der Waals surface area contributed by atoms with Crippen LogP contribution in [0.5, 0.6) is 5.75 Å². The van der Waals surface area contributed by atoms with Gasteiger partial charge in [0.2, 0.25) is 0 Å². The molecule has 7 heteroatoms. The smallest absolute Gasteiger partial charge is 0.322 e. The summed E-state index contributed by atoms with van der Waals surface area (Å²) >= 11 is 7.78. The van der Waals surface area contributed by atoms with Crippen LogP contribution in [0.1, 0.15) is 19.4 Å². The Morgan fingerprint density at radius 3 is 2.79 bits per heavy atom. The molecule has 2 aromatic carbocycles. The van der Waals surface area contributed by atoms with Gasteiger partial charge in [0.25, 0.3) is 0 Å². The van der Waals surface area contributed by atoms with Crippen LogP contribution >= 0.6 is 22.9 Å². The molecule has 0 bridgehead atoms. The minimum atomic E-state index is -0.213. The Labute approximate surface area is 173 Å². The number of aromatic nitrogens is 1. The molecule has 28 heavy (non-hydrogen) atoms. The number of methoxy groups -OCH3 is 1. The molecule has 0 unspecified atom stereocenters. The minimum absolute atomic E-state index is 0.00170. The Hall–Kier alpha value is -2.57. The molecule has 0 saturated heterocycles. The number of thiazole rings is 1. The average molecular weight is 416 g/mol. The first kappa shape index (κ1) is 20.2. The highest BCUT2D eigenvalue weighted by molar-refractivity contribution is 7.13. The highest BCUT2D eigenvalue weighted by Gasteiger charge is 2.21. The largest absolute Gasteiger partial charge is 0.495 e. The predicted molar refractivity (Wildman–Crippen MR) is 115 cm³/mol. The third kappa shape index (κ3) is 4.82. The van der Waals surface area contributed by atoms with Crippen LogP contribution in [0.2, 0.25) is 5.02 Å². The van der Waals surface area contributed by atoms with Gasteiger partial charge < -0.3 is 10.1 Å². The second-order valence-electron chi connectivity index (χ2n) is 6.54. The van der Waals surface area contributed by atoms with E-state index >= 15 is 0 Å². The van der Waals surface area contributed by atoms with Gasteiger partial charge in [-0.15, -0.1) is 11.3 Å². The van der Waals surface area contributed by atoms with Gasteiger partial charge in [0, 0.05) is 28.2 Å². The first-order valence-corrected chi connectivity index (χ1v) is 10.1. The van der Waals surface area contributed by atoms with Crippen LogP contribution in [0.15, 0.2) is 54.0 Å². The molecule has 0 saturated carbocycles. The average Bonchev–Trinajstić information content (AvgIpc) is 3.20. The molecule has 0 fully saturated rings. The van der Waals surface area contributed by atoms with E-state index in [4.69, 9.17) is 16.3 Å². The molecule has 0 aliphatic rings. The SMILES string of the molecule is COc1ccc(Cl)cc1N(Cc1cccc(-c2nccs2)c1)C(=O)NC(C)C. The van der Waals surface area contributed by atoms with E-state index in [2.05, 4.69) is 10.3 Å². The molecule has 0 aliphatic carbocycles. The lowest BCUT2D eigenvalue weighted by Crippen LogP contribution is -2.42. The topological polar surface area (TPSA) is 54.5 Å². The van der Waals surface area contributed by atoms with Crippen LogP contribution in [-0.2, 0) is 6.54 Å². The molecule has 1 N–H and O–H groups in total. The van der Waals surface area contributed by atoms with Crippen molar-refractivity contribution in [3.8, 4) is 16.3 Å². The van der Waals surface area contributed by atoms with Crippen molar-refractivity contribution < 1.29 is 9.53 Å². The Kier molecular flexibility index (Phi) is 6.54. The van der Waals surface area contributed by atoms with E-state index in [9.17, 15) is 4.79 Å². The summed E-state index contributed by atoms with van der Waals surface area (Å²) in [5.41, 5.74) is 2.62. The van der Waals surface area contributed by atoms with Crippen LogP contribution in [0.4, 0.5) is 10.5 Å². The fourth-order valence-electron chi connectivity index (χ4n) is 2.82. The van der Waals surface area contributed by atoms with Gasteiger partial charge in [-0.2, -0.15) is 0 Å². The molecule has 0 spiro atoms. The van der Waals surface area contributed by atoms with E-state index in [-0.39, 0.29) is 12.1 Å². The van der Waals surface area contributed by atoms with Gasteiger partial charge in [0.15, 0.2) is 0 Å². The number of rotatable bonds is 6. The second kappa shape index (κ2) is 9.08. The third-order valence-corrected chi connectivity index (χ3v) is 5.09. The van der Waals surface area contributed by atoms with E-state index < -0.39 is 0 Å². The number of nitrogens with one attached hydrogen (secondary N) is 1. The summed E-state index contributed by atoms with van der Waals surface area (Å²) in [7, 11) is 1.58. The molecule has 1 aromatic heterocycles. The summed E-state index contributed by atoms with van der Waals surface area (Å²) in [6.07, 6.45) is 1.78. The lowest BCUT2D eigenvalue weighted by molar-refractivity contribution is 0.243. The number of carbonyl (C=O) groups is 1. The van der Waals surface area contributed by atoms with Gasteiger partial charge in [-0.05, 0) is 43.7 Å². The molecular weight excluding hydrogens is 394 g/mol. The van der Waals surface area contributed by atoms with Gasteiger partial charge in [0.1, 0.15) is 10.8 Å². The van der Waals surface area contributed by atoms with Crippen LogP contribution in [0.25, 0.3) is 10.6 Å². The Morgan fingerprint density at radius 2 is 2.11 bits per heavy atom. The Morgan fingerprint density at radius 1 is 1.29 bits per heavy atom. The van der Waals surface area contributed by atoms with Crippen LogP contribution in [0, 0.1) is 0 Å². The molecule has 2 amide bonds. The maximum atomic E-state index is 13.0. The van der Waals surface area contributed by atoms with E-state index in [1.54, 1.807) is 47.7 Å². The number of anilines is 1. The lowest BCUT2D eigenvalue weighted by Gasteiger charge is -2.26. The highest BCUT2D eigenvalue weighted by Crippen LogP contribution is 2.33. The van der Waals surface area contributed by atoms with Gasteiger partial charge in [-0.25, -0.2) is 9.78 Å². The number of urea groups is 1. The zero-order valence-electron chi connectivity index (χ0n) is 16.0. The first-order chi connectivity index (χ1) is 13.5. The molecule has 0 aliphatic heterocycles. The number of hydrogen-bond acceptors (Lipinski definition) is 4. The maximum absolute atomic E-state index is 13.0. The predicted octanol–water partition coefficient (Wildman–Crippen LogP) is 5.60. The van der Waals surface area contributed by atoms with E-state index in [0.29, 0.717) is 23.0 Å². The van der Waals surface area contributed by atoms with E-state index in [1.165, 1.54) is 0 Å². The van der Waals surface area contributed by atoms with Crippen molar-refractivity contribution in [1.82, 2.24) is 10.3 Å². The number of halogens is 1. The molecular formula is C21H22ClN3O2S. The molecule has 3 rings (SSSR count). The molecule has 0 atom stereocenters. The number of nitrogens with zero attached hydrogens (tertiary/aromatic N) is 2. The van der Waals surface area contributed by atoms with Crippen molar-refractivity contribution in [2.45, 2.75) is 26.4 Å². The fraction of sp³-hybridized carbons (Fsp3) is 0.238. The zero-order chi connectivity index (χ0) is 20.1. The summed E-state index contributed by atoms with van der Waals surface area (Å²) < 4.78 is 5.47. The summed E-state index contributed by atoms with van der Waals surface area (Å²) in [5.74, 6) is 0.583. The van der Waals surface area contributed by atoms with Crippen molar-refractivity contribution in [2.75, 3.05) is 12.0 Å². The Balaban J connectivity index is 1.98. The second-order valence-corrected chi connectivity index (χ2v) is 7.88. The zero-order valence-corrected chi connectivity index (χ0v) is 17.6. The molecule has 146 valence electrons. The molecule has 1 heterocycles. The number of amides is 2. The van der Waals surface area contributed by atoms with E-state index in [0.717, 1.165) is 16.1 Å².